The highest BCUT2D eigenvalue weighted by atomic mass is 35.5. The summed E-state index contributed by atoms with van der Waals surface area (Å²) in [6.07, 6.45) is 0.585. The van der Waals surface area contributed by atoms with Crippen LogP contribution < -0.4 is 5.73 Å². The van der Waals surface area contributed by atoms with Crippen LogP contribution in [-0.2, 0) is 14.8 Å². The predicted octanol–water partition coefficient (Wildman–Crippen LogP) is 2.42. The predicted molar refractivity (Wildman–Crippen MR) is 84.0 cm³/mol. The van der Waals surface area contributed by atoms with E-state index in [2.05, 4.69) is 0 Å². The van der Waals surface area contributed by atoms with Gasteiger partial charge in [0.05, 0.1) is 28.3 Å². The monoisotopic (exact) mass is 332 g/mol. The minimum absolute atomic E-state index is 0.117. The second-order valence-corrected chi connectivity index (χ2v) is 7.69. The van der Waals surface area contributed by atoms with Gasteiger partial charge in [-0.15, -0.1) is 0 Å². The highest BCUT2D eigenvalue weighted by Gasteiger charge is 2.35. The first-order valence-electron chi connectivity index (χ1n) is 6.96. The first-order valence-corrected chi connectivity index (χ1v) is 8.78. The van der Waals surface area contributed by atoms with Gasteiger partial charge in [0.2, 0.25) is 10.0 Å². The summed E-state index contributed by atoms with van der Waals surface area (Å²) >= 11 is 6.01. The zero-order valence-corrected chi connectivity index (χ0v) is 14.0. The standard InChI is InChI=1S/C14H21ClN2O3S/c1-4-11-8-20-10(3)7-17(11)21(18,19)12-5-9(2)14(15)13(16)6-12/h5-6,10-11H,4,7-8,16H2,1-3H3. The zero-order valence-electron chi connectivity index (χ0n) is 12.5. The summed E-state index contributed by atoms with van der Waals surface area (Å²) in [6.45, 7) is 6.34. The molecule has 0 radical (unpaired) electrons. The molecule has 1 aromatic rings. The third-order valence-electron chi connectivity index (χ3n) is 3.75. The van der Waals surface area contributed by atoms with Gasteiger partial charge in [-0.2, -0.15) is 4.31 Å². The van der Waals surface area contributed by atoms with Crippen molar-refractivity contribution in [3.8, 4) is 0 Å². The topological polar surface area (TPSA) is 72.6 Å². The summed E-state index contributed by atoms with van der Waals surface area (Å²) in [5, 5.41) is 0.399. The van der Waals surface area contributed by atoms with Crippen LogP contribution >= 0.6 is 11.6 Å². The number of halogens is 1. The van der Waals surface area contributed by atoms with Gasteiger partial charge in [-0.1, -0.05) is 18.5 Å². The van der Waals surface area contributed by atoms with Gasteiger partial charge in [-0.05, 0) is 38.0 Å². The number of benzene rings is 1. The van der Waals surface area contributed by atoms with Gasteiger partial charge in [0.1, 0.15) is 0 Å². The molecule has 0 saturated carbocycles. The number of hydrogen-bond acceptors (Lipinski definition) is 4. The Morgan fingerprint density at radius 1 is 1.48 bits per heavy atom. The third kappa shape index (κ3) is 3.18. The fourth-order valence-electron chi connectivity index (χ4n) is 2.48. The van der Waals surface area contributed by atoms with Crippen LogP contribution in [0.15, 0.2) is 17.0 Å². The Morgan fingerprint density at radius 3 is 2.71 bits per heavy atom. The third-order valence-corrected chi connectivity index (χ3v) is 6.16. The Labute approximate surface area is 131 Å². The van der Waals surface area contributed by atoms with E-state index in [9.17, 15) is 8.42 Å². The van der Waals surface area contributed by atoms with Crippen molar-refractivity contribution < 1.29 is 13.2 Å². The first-order chi connectivity index (χ1) is 9.77. The Morgan fingerprint density at radius 2 is 2.14 bits per heavy atom. The average Bonchev–Trinajstić information content (AvgIpc) is 2.44. The van der Waals surface area contributed by atoms with Crippen LogP contribution in [0.2, 0.25) is 5.02 Å². The lowest BCUT2D eigenvalue weighted by Crippen LogP contribution is -2.51. The molecule has 5 nitrogen and oxygen atoms in total. The lowest BCUT2D eigenvalue weighted by atomic mass is 10.2. The highest BCUT2D eigenvalue weighted by Crippen LogP contribution is 2.30. The van der Waals surface area contributed by atoms with Crippen molar-refractivity contribution in [1.82, 2.24) is 4.31 Å². The van der Waals surface area contributed by atoms with Crippen molar-refractivity contribution in [3.63, 3.8) is 0 Å². The van der Waals surface area contributed by atoms with E-state index in [1.807, 2.05) is 13.8 Å². The maximum Gasteiger partial charge on any atom is 0.243 e. The van der Waals surface area contributed by atoms with E-state index >= 15 is 0 Å². The highest BCUT2D eigenvalue weighted by molar-refractivity contribution is 7.89. The van der Waals surface area contributed by atoms with Gasteiger partial charge in [0.25, 0.3) is 0 Å². The molecule has 0 amide bonds. The average molecular weight is 333 g/mol. The van der Waals surface area contributed by atoms with Gasteiger partial charge in [0, 0.05) is 12.6 Å². The van der Waals surface area contributed by atoms with E-state index in [1.165, 1.54) is 10.4 Å². The fraction of sp³-hybridized carbons (Fsp3) is 0.571. The van der Waals surface area contributed by atoms with Crippen molar-refractivity contribution in [2.24, 2.45) is 0 Å². The van der Waals surface area contributed by atoms with E-state index in [1.54, 1.807) is 13.0 Å². The van der Waals surface area contributed by atoms with Crippen molar-refractivity contribution in [2.75, 3.05) is 18.9 Å². The molecule has 1 saturated heterocycles. The van der Waals surface area contributed by atoms with Gasteiger partial charge in [-0.25, -0.2) is 8.42 Å². The molecule has 1 aromatic carbocycles. The van der Waals surface area contributed by atoms with Crippen LogP contribution in [0.3, 0.4) is 0 Å². The minimum Gasteiger partial charge on any atom is -0.397 e. The largest absolute Gasteiger partial charge is 0.397 e. The molecule has 2 unspecified atom stereocenters. The molecule has 1 aliphatic heterocycles. The maximum atomic E-state index is 12.9. The number of rotatable bonds is 3. The molecule has 2 rings (SSSR count). The van der Waals surface area contributed by atoms with E-state index in [0.717, 1.165) is 0 Å². The molecular weight excluding hydrogens is 312 g/mol. The Kier molecular flexibility index (Phi) is 4.82. The summed E-state index contributed by atoms with van der Waals surface area (Å²) in [5.41, 5.74) is 6.74. The second-order valence-electron chi connectivity index (χ2n) is 5.42. The van der Waals surface area contributed by atoms with E-state index in [0.29, 0.717) is 30.2 Å². The van der Waals surface area contributed by atoms with E-state index in [4.69, 9.17) is 22.1 Å². The van der Waals surface area contributed by atoms with Crippen LogP contribution in [-0.4, -0.2) is 38.0 Å². The van der Waals surface area contributed by atoms with Crippen LogP contribution in [0.25, 0.3) is 0 Å². The summed E-state index contributed by atoms with van der Waals surface area (Å²) in [7, 11) is -3.60. The molecule has 0 bridgehead atoms. The number of nitrogens with zero attached hydrogens (tertiary/aromatic N) is 1. The molecule has 0 aliphatic carbocycles. The van der Waals surface area contributed by atoms with E-state index in [-0.39, 0.29) is 22.7 Å². The number of nitrogen functional groups attached to an aromatic ring is 1. The van der Waals surface area contributed by atoms with Crippen LogP contribution in [0.1, 0.15) is 25.8 Å². The van der Waals surface area contributed by atoms with Gasteiger partial charge >= 0.3 is 0 Å². The Balaban J connectivity index is 2.45. The van der Waals surface area contributed by atoms with Crippen molar-refractivity contribution in [2.45, 2.75) is 44.2 Å². The minimum atomic E-state index is -3.60. The zero-order chi connectivity index (χ0) is 15.8. The fourth-order valence-corrected chi connectivity index (χ4v) is 4.47. The molecule has 1 fully saturated rings. The molecular formula is C14H21ClN2O3S. The maximum absolute atomic E-state index is 12.9. The molecule has 0 aromatic heterocycles. The summed E-state index contributed by atoms with van der Waals surface area (Å²) < 4.78 is 32.9. The van der Waals surface area contributed by atoms with Gasteiger partial charge in [0.15, 0.2) is 0 Å². The normalized spacial score (nSPS) is 24.2. The second kappa shape index (κ2) is 6.12. The molecule has 1 heterocycles. The number of anilines is 1. The molecule has 21 heavy (non-hydrogen) atoms. The Hall–Kier alpha value is -0.820. The number of morpholine rings is 1. The molecule has 7 heteroatoms. The smallest absolute Gasteiger partial charge is 0.243 e. The summed E-state index contributed by atoms with van der Waals surface area (Å²) in [5.74, 6) is 0. The van der Waals surface area contributed by atoms with Crippen molar-refractivity contribution in [3.05, 3.63) is 22.7 Å². The number of aryl methyl sites for hydroxylation is 1. The van der Waals surface area contributed by atoms with Crippen LogP contribution in [0, 0.1) is 6.92 Å². The van der Waals surface area contributed by atoms with Crippen molar-refractivity contribution in [1.29, 1.82) is 0 Å². The lowest BCUT2D eigenvalue weighted by Gasteiger charge is -2.37. The molecule has 118 valence electrons. The number of ether oxygens (including phenoxy) is 1. The molecule has 2 N–H and O–H groups in total. The summed E-state index contributed by atoms with van der Waals surface area (Å²) in [4.78, 5) is 0.189. The van der Waals surface area contributed by atoms with Gasteiger partial charge in [-0.3, -0.25) is 0 Å². The lowest BCUT2D eigenvalue weighted by molar-refractivity contribution is -0.0230. The van der Waals surface area contributed by atoms with Crippen LogP contribution in [0.4, 0.5) is 5.69 Å². The number of hydrogen-bond donors (Lipinski definition) is 1. The SMILES string of the molecule is CCC1COC(C)CN1S(=O)(=O)c1cc(C)c(Cl)c(N)c1. The number of sulfonamides is 1. The summed E-state index contributed by atoms with van der Waals surface area (Å²) in [6, 6.07) is 2.85. The molecule has 0 spiro atoms. The molecule has 2 atom stereocenters. The van der Waals surface area contributed by atoms with Gasteiger partial charge < -0.3 is 10.5 Å². The molecule has 1 aliphatic rings. The first kappa shape index (κ1) is 16.5. The van der Waals surface area contributed by atoms with Crippen LogP contribution in [0.5, 0.6) is 0 Å². The Bertz CT molecular complexity index is 610. The van der Waals surface area contributed by atoms with E-state index < -0.39 is 10.0 Å². The number of nitrogens with two attached hydrogens (primary N) is 1. The van der Waals surface area contributed by atoms with Crippen molar-refractivity contribution >= 4 is 27.3 Å². The quantitative estimate of drug-likeness (QED) is 0.863.